The molecule has 1 unspecified atom stereocenters. The average Bonchev–Trinajstić information content (AvgIpc) is 3.42. The van der Waals surface area contributed by atoms with Crippen LogP contribution in [0.1, 0.15) is 52.1 Å². The molecule has 1 N–H and O–H groups in total. The number of carbonyl (C=O) groups is 1. The van der Waals surface area contributed by atoms with E-state index >= 15 is 0 Å². The van der Waals surface area contributed by atoms with Gasteiger partial charge < -0.3 is 19.0 Å². The topological polar surface area (TPSA) is 112 Å². The summed E-state index contributed by atoms with van der Waals surface area (Å²) in [6, 6.07) is 16.2. The molecule has 0 aliphatic heterocycles. The third-order valence-electron chi connectivity index (χ3n) is 5.21. The Morgan fingerprint density at radius 3 is 2.65 bits per heavy atom. The minimum atomic E-state index is -1.20. The van der Waals surface area contributed by atoms with Crippen LogP contribution >= 0.6 is 0 Å². The fourth-order valence-electron chi connectivity index (χ4n) is 3.64. The van der Waals surface area contributed by atoms with E-state index in [0.717, 1.165) is 11.5 Å². The molecule has 9 heteroatoms. The van der Waals surface area contributed by atoms with E-state index < -0.39 is 12.1 Å². The lowest BCUT2D eigenvalue weighted by Crippen LogP contribution is -2.15. The van der Waals surface area contributed by atoms with Gasteiger partial charge in [-0.05, 0) is 43.7 Å². The Bertz CT molecular complexity index is 1270. The lowest BCUT2D eigenvalue weighted by Gasteiger charge is -2.15. The first-order chi connectivity index (χ1) is 16.5. The van der Waals surface area contributed by atoms with Gasteiger partial charge in [0, 0.05) is 13.3 Å². The van der Waals surface area contributed by atoms with Gasteiger partial charge in [0.15, 0.2) is 11.6 Å². The highest BCUT2D eigenvalue weighted by molar-refractivity contribution is 5.88. The van der Waals surface area contributed by atoms with Crippen LogP contribution in [0.25, 0.3) is 5.69 Å². The Kier molecular flexibility index (Phi) is 7.03. The number of aromatic nitrogens is 4. The molecule has 0 radical (unpaired) electrons. The van der Waals surface area contributed by atoms with Gasteiger partial charge in [0.2, 0.25) is 0 Å². The molecule has 9 nitrogen and oxygen atoms in total. The van der Waals surface area contributed by atoms with Crippen LogP contribution in [0.3, 0.4) is 0 Å². The highest BCUT2D eigenvalue weighted by atomic mass is 16.5. The molecule has 1 atom stereocenters. The summed E-state index contributed by atoms with van der Waals surface area (Å²) in [6.45, 7) is 5.96. The Balaban J connectivity index is 1.59. The van der Waals surface area contributed by atoms with E-state index in [-0.39, 0.29) is 18.0 Å². The lowest BCUT2D eigenvalue weighted by molar-refractivity contribution is 0.0513. The first-order valence-corrected chi connectivity index (χ1v) is 11.0. The van der Waals surface area contributed by atoms with Gasteiger partial charge >= 0.3 is 5.97 Å². The van der Waals surface area contributed by atoms with Crippen LogP contribution in [0.4, 0.5) is 0 Å². The van der Waals surface area contributed by atoms with Crippen molar-refractivity contribution in [3.8, 4) is 11.4 Å². The van der Waals surface area contributed by atoms with Crippen molar-refractivity contribution < 1.29 is 23.8 Å². The van der Waals surface area contributed by atoms with Gasteiger partial charge in [-0.3, -0.25) is 0 Å². The number of para-hydroxylation sites is 1. The maximum Gasteiger partial charge on any atom is 0.360 e. The molecular weight excluding hydrogens is 436 g/mol. The molecule has 0 spiro atoms. The van der Waals surface area contributed by atoms with Gasteiger partial charge in [0.25, 0.3) is 0 Å². The van der Waals surface area contributed by atoms with Crippen LogP contribution in [0, 0.1) is 13.8 Å². The van der Waals surface area contributed by atoms with Gasteiger partial charge in [-0.1, -0.05) is 35.5 Å². The molecule has 0 saturated carbocycles. The lowest BCUT2D eigenvalue weighted by atomic mass is 10.0. The molecule has 0 aliphatic carbocycles. The fraction of sp³-hybridized carbons (Fsp3) is 0.280. The number of aliphatic hydroxyl groups is 1. The third-order valence-corrected chi connectivity index (χ3v) is 5.21. The molecular formula is C25H26N4O5. The Labute approximate surface area is 197 Å². The van der Waals surface area contributed by atoms with Crippen molar-refractivity contribution >= 4 is 5.97 Å². The summed E-state index contributed by atoms with van der Waals surface area (Å²) in [5.41, 5.74) is 2.21. The molecule has 0 aliphatic rings. The molecule has 2 aromatic heterocycles. The number of aliphatic hydroxyl groups excluding tert-OH is 1. The quantitative estimate of drug-likeness (QED) is 0.374. The molecule has 0 bridgehead atoms. The van der Waals surface area contributed by atoms with E-state index in [1.165, 1.54) is 4.68 Å². The van der Waals surface area contributed by atoms with Crippen LogP contribution in [0.15, 0.2) is 59.0 Å². The summed E-state index contributed by atoms with van der Waals surface area (Å²) in [7, 11) is 0. The van der Waals surface area contributed by atoms with Crippen molar-refractivity contribution in [3.63, 3.8) is 0 Å². The molecule has 34 heavy (non-hydrogen) atoms. The maximum atomic E-state index is 12.5. The first-order valence-electron chi connectivity index (χ1n) is 11.0. The molecule has 0 fully saturated rings. The van der Waals surface area contributed by atoms with Gasteiger partial charge in [-0.15, -0.1) is 5.10 Å². The SMILES string of the molecule is CCOC(=O)c1nnn(-c2ccccc2)c1C(O)c1cccc(OCCc2nc(C)oc2C)c1. The van der Waals surface area contributed by atoms with Crippen molar-refractivity contribution in [1.29, 1.82) is 0 Å². The van der Waals surface area contributed by atoms with Gasteiger partial charge in [0.05, 0.1) is 24.6 Å². The third kappa shape index (κ3) is 4.99. The summed E-state index contributed by atoms with van der Waals surface area (Å²) in [6.07, 6.45) is -0.605. The number of rotatable bonds is 9. The Hall–Kier alpha value is -3.98. The fourth-order valence-corrected chi connectivity index (χ4v) is 3.64. The number of oxazole rings is 1. The van der Waals surface area contributed by atoms with Crippen LogP contribution in [-0.4, -0.2) is 44.3 Å². The molecule has 0 amide bonds. The van der Waals surface area contributed by atoms with Crippen molar-refractivity contribution in [3.05, 3.63) is 88.9 Å². The number of nitrogens with zero attached hydrogens (tertiary/aromatic N) is 4. The molecule has 2 aromatic carbocycles. The zero-order chi connectivity index (χ0) is 24.1. The number of hydrogen-bond acceptors (Lipinski definition) is 8. The zero-order valence-electron chi connectivity index (χ0n) is 19.3. The minimum Gasteiger partial charge on any atom is -0.493 e. The summed E-state index contributed by atoms with van der Waals surface area (Å²) in [5, 5.41) is 19.4. The maximum absolute atomic E-state index is 12.5. The normalized spacial score (nSPS) is 11.9. The van der Waals surface area contributed by atoms with E-state index in [1.807, 2.05) is 44.2 Å². The van der Waals surface area contributed by atoms with Crippen molar-refractivity contribution in [2.45, 2.75) is 33.3 Å². The second-order valence-electron chi connectivity index (χ2n) is 7.60. The molecule has 4 rings (SSSR count). The van der Waals surface area contributed by atoms with Crippen LogP contribution in [-0.2, 0) is 11.2 Å². The van der Waals surface area contributed by atoms with Crippen molar-refractivity contribution in [2.24, 2.45) is 0 Å². The van der Waals surface area contributed by atoms with Crippen LogP contribution in [0.5, 0.6) is 5.75 Å². The molecule has 2 heterocycles. The zero-order valence-corrected chi connectivity index (χ0v) is 19.3. The number of hydrogen-bond donors (Lipinski definition) is 1. The summed E-state index contributed by atoms with van der Waals surface area (Å²) >= 11 is 0. The number of aryl methyl sites for hydroxylation is 2. The standard InChI is InChI=1S/C25H26N4O5/c1-4-32-25(31)22-23(29(28-27-22)19-10-6-5-7-11-19)24(30)18-9-8-12-20(15-18)33-14-13-21-16(2)34-17(3)26-21/h5-12,15,24,30H,4,13-14H2,1-3H3. The first kappa shape index (κ1) is 23.2. The van der Waals surface area contributed by atoms with Crippen LogP contribution < -0.4 is 4.74 Å². The van der Waals surface area contributed by atoms with E-state index in [2.05, 4.69) is 15.3 Å². The van der Waals surface area contributed by atoms with E-state index in [4.69, 9.17) is 13.9 Å². The van der Waals surface area contributed by atoms with E-state index in [0.29, 0.717) is 35.9 Å². The predicted octanol–water partition coefficient (Wildman–Crippen LogP) is 3.75. The largest absolute Gasteiger partial charge is 0.493 e. The van der Waals surface area contributed by atoms with E-state index in [9.17, 15) is 9.90 Å². The predicted molar refractivity (Wildman–Crippen MR) is 123 cm³/mol. The molecule has 176 valence electrons. The monoisotopic (exact) mass is 462 g/mol. The highest BCUT2D eigenvalue weighted by Gasteiger charge is 2.28. The molecule has 4 aromatic rings. The molecule has 0 saturated heterocycles. The highest BCUT2D eigenvalue weighted by Crippen LogP contribution is 2.29. The van der Waals surface area contributed by atoms with Crippen molar-refractivity contribution in [2.75, 3.05) is 13.2 Å². The minimum absolute atomic E-state index is 0.0404. The summed E-state index contributed by atoms with van der Waals surface area (Å²) in [5.74, 6) is 1.33. The van der Waals surface area contributed by atoms with Gasteiger partial charge in [0.1, 0.15) is 23.3 Å². The Morgan fingerprint density at radius 2 is 1.94 bits per heavy atom. The smallest absolute Gasteiger partial charge is 0.360 e. The Morgan fingerprint density at radius 1 is 1.15 bits per heavy atom. The van der Waals surface area contributed by atoms with E-state index in [1.54, 1.807) is 31.2 Å². The number of carbonyl (C=O) groups excluding carboxylic acids is 1. The van der Waals surface area contributed by atoms with Gasteiger partial charge in [-0.25, -0.2) is 14.5 Å². The van der Waals surface area contributed by atoms with Crippen LogP contribution in [0.2, 0.25) is 0 Å². The van der Waals surface area contributed by atoms with Crippen molar-refractivity contribution in [1.82, 2.24) is 20.0 Å². The summed E-state index contributed by atoms with van der Waals surface area (Å²) < 4.78 is 17.9. The number of ether oxygens (including phenoxy) is 2. The van der Waals surface area contributed by atoms with Gasteiger partial charge in [-0.2, -0.15) is 0 Å². The number of benzene rings is 2. The summed E-state index contributed by atoms with van der Waals surface area (Å²) in [4.78, 5) is 16.9. The second-order valence-corrected chi connectivity index (χ2v) is 7.60. The second kappa shape index (κ2) is 10.3. The number of esters is 1. The average molecular weight is 463 g/mol.